The summed E-state index contributed by atoms with van der Waals surface area (Å²) >= 11 is 0. The van der Waals surface area contributed by atoms with Gasteiger partial charge in [0.25, 0.3) is 0 Å². The third-order valence-corrected chi connectivity index (χ3v) is 2.79. The number of aromatic hydroxyl groups is 1. The van der Waals surface area contributed by atoms with Gasteiger partial charge in [-0.25, -0.2) is 9.52 Å². The molecule has 0 aromatic heterocycles. The molecule has 3 N–H and O–H groups in total. The lowest BCUT2D eigenvalue weighted by atomic mass is 10.2. The molecular weight excluding hydrogens is 248 g/mol. The molecule has 7 nitrogen and oxygen atoms in total. The van der Waals surface area contributed by atoms with Crippen LogP contribution in [0.5, 0.6) is 5.75 Å². The number of phenolic OH excluding ortho intramolecular Hbond substituents is 1. The molecule has 0 saturated carbocycles. The quantitative estimate of drug-likeness (QED) is 0.694. The molecule has 8 heteroatoms. The van der Waals surface area contributed by atoms with Crippen LogP contribution >= 0.6 is 0 Å². The summed E-state index contributed by atoms with van der Waals surface area (Å²) in [6, 6.07) is 4.12. The van der Waals surface area contributed by atoms with Crippen LogP contribution in [-0.2, 0) is 14.9 Å². The first-order valence-electron chi connectivity index (χ1n) is 4.52. The van der Waals surface area contributed by atoms with E-state index in [9.17, 15) is 18.3 Å². The van der Waals surface area contributed by atoms with Crippen LogP contribution in [0.1, 0.15) is 5.56 Å². The summed E-state index contributed by atoms with van der Waals surface area (Å²) < 4.78 is 30.6. The van der Waals surface area contributed by atoms with Gasteiger partial charge in [0.15, 0.2) is 0 Å². The number of benzene rings is 1. The second kappa shape index (κ2) is 4.91. The summed E-state index contributed by atoms with van der Waals surface area (Å²) in [4.78, 5) is 10.7. The fourth-order valence-electron chi connectivity index (χ4n) is 1.05. The topological polar surface area (TPSA) is 105 Å². The van der Waals surface area contributed by atoms with Gasteiger partial charge in [-0.3, -0.25) is 4.72 Å². The van der Waals surface area contributed by atoms with Crippen LogP contribution in [0.4, 0.5) is 10.5 Å². The van der Waals surface area contributed by atoms with Crippen molar-refractivity contribution >= 4 is 22.0 Å². The number of hydrogen-bond acceptors (Lipinski definition) is 5. The Morgan fingerprint density at radius 3 is 2.59 bits per heavy atom. The summed E-state index contributed by atoms with van der Waals surface area (Å²) in [5.74, 6) is 0.0499. The average molecular weight is 260 g/mol. The normalized spacial score (nSPS) is 10.7. The molecule has 0 heterocycles. The highest BCUT2D eigenvalue weighted by molar-refractivity contribution is 7.91. The van der Waals surface area contributed by atoms with Crippen LogP contribution in [0, 0.1) is 6.92 Å². The Morgan fingerprint density at radius 2 is 2.06 bits per heavy atom. The summed E-state index contributed by atoms with van der Waals surface area (Å²) in [7, 11) is -2.98. The van der Waals surface area contributed by atoms with E-state index in [0.29, 0.717) is 5.56 Å². The van der Waals surface area contributed by atoms with Crippen molar-refractivity contribution in [2.75, 3.05) is 11.8 Å². The van der Waals surface area contributed by atoms with Gasteiger partial charge in [-0.2, -0.15) is 8.42 Å². The standard InChI is InChI=1S/C9H12N2O5S/c1-6-5-7(3-4-8(6)12)10-17(14,15)11-9(13)16-2/h3-5,10,12H,1-2H3,(H,11,13). The molecule has 0 aliphatic rings. The third kappa shape index (κ3) is 3.83. The Hall–Kier alpha value is -1.96. The molecule has 0 atom stereocenters. The summed E-state index contributed by atoms with van der Waals surface area (Å²) in [5, 5.41) is 9.26. The van der Waals surface area contributed by atoms with E-state index >= 15 is 0 Å². The van der Waals surface area contributed by atoms with Crippen LogP contribution < -0.4 is 9.44 Å². The minimum atomic E-state index is -4.03. The number of rotatable bonds is 3. The van der Waals surface area contributed by atoms with E-state index in [2.05, 4.69) is 9.46 Å². The number of amides is 1. The molecule has 94 valence electrons. The number of hydrogen-bond donors (Lipinski definition) is 3. The first-order chi connectivity index (χ1) is 7.84. The van der Waals surface area contributed by atoms with Crippen LogP contribution in [-0.4, -0.2) is 26.7 Å². The van der Waals surface area contributed by atoms with Crippen molar-refractivity contribution in [3.05, 3.63) is 23.8 Å². The maximum Gasteiger partial charge on any atom is 0.422 e. The monoisotopic (exact) mass is 260 g/mol. The van der Waals surface area contributed by atoms with Gasteiger partial charge in [-0.05, 0) is 30.7 Å². The summed E-state index contributed by atoms with van der Waals surface area (Å²) in [6.45, 7) is 1.61. The smallest absolute Gasteiger partial charge is 0.422 e. The Labute approximate surface area is 98.6 Å². The molecular formula is C9H12N2O5S. The molecule has 0 fully saturated rings. The first kappa shape index (κ1) is 13.1. The van der Waals surface area contributed by atoms with Gasteiger partial charge in [-0.15, -0.1) is 0 Å². The van der Waals surface area contributed by atoms with Crippen molar-refractivity contribution in [3.8, 4) is 5.75 Å². The van der Waals surface area contributed by atoms with Crippen molar-refractivity contribution in [1.82, 2.24) is 4.72 Å². The Bertz CT molecular complexity index is 526. The Morgan fingerprint density at radius 1 is 1.41 bits per heavy atom. The van der Waals surface area contributed by atoms with Crippen molar-refractivity contribution in [2.45, 2.75) is 6.92 Å². The highest BCUT2D eigenvalue weighted by Crippen LogP contribution is 2.20. The molecule has 1 rings (SSSR count). The lowest BCUT2D eigenvalue weighted by molar-refractivity contribution is 0.177. The fourth-order valence-corrected chi connectivity index (χ4v) is 1.84. The van der Waals surface area contributed by atoms with Crippen molar-refractivity contribution < 1.29 is 23.1 Å². The molecule has 1 aromatic carbocycles. The number of aryl methyl sites for hydroxylation is 1. The summed E-state index contributed by atoms with van der Waals surface area (Å²) in [6.07, 6.45) is -1.09. The second-order valence-corrected chi connectivity index (χ2v) is 4.62. The predicted molar refractivity (Wildman–Crippen MR) is 60.9 cm³/mol. The molecule has 0 spiro atoms. The number of ether oxygens (including phenoxy) is 1. The molecule has 0 radical (unpaired) electrons. The molecule has 17 heavy (non-hydrogen) atoms. The molecule has 0 unspecified atom stereocenters. The van der Waals surface area contributed by atoms with Gasteiger partial charge in [0, 0.05) is 0 Å². The second-order valence-electron chi connectivity index (χ2n) is 3.20. The van der Waals surface area contributed by atoms with E-state index in [-0.39, 0.29) is 11.4 Å². The number of methoxy groups -OCH3 is 1. The lowest BCUT2D eigenvalue weighted by Gasteiger charge is -2.09. The van der Waals surface area contributed by atoms with E-state index < -0.39 is 16.3 Å². The lowest BCUT2D eigenvalue weighted by Crippen LogP contribution is -2.35. The van der Waals surface area contributed by atoms with Gasteiger partial charge < -0.3 is 9.84 Å². The maximum absolute atomic E-state index is 11.4. The predicted octanol–water partition coefficient (Wildman–Crippen LogP) is 0.713. The minimum Gasteiger partial charge on any atom is -0.508 e. The van der Waals surface area contributed by atoms with E-state index in [0.717, 1.165) is 7.11 Å². The average Bonchev–Trinajstić information content (AvgIpc) is 2.22. The van der Waals surface area contributed by atoms with E-state index in [1.54, 1.807) is 11.6 Å². The minimum absolute atomic E-state index is 0.0499. The highest BCUT2D eigenvalue weighted by atomic mass is 32.2. The molecule has 0 bridgehead atoms. The van der Waals surface area contributed by atoms with Crippen molar-refractivity contribution in [3.63, 3.8) is 0 Å². The maximum atomic E-state index is 11.4. The third-order valence-electron chi connectivity index (χ3n) is 1.85. The molecule has 0 aliphatic carbocycles. The number of carbonyl (C=O) groups is 1. The molecule has 1 amide bonds. The van der Waals surface area contributed by atoms with Gasteiger partial charge in [0.2, 0.25) is 0 Å². The number of nitrogens with one attached hydrogen (secondary N) is 2. The van der Waals surface area contributed by atoms with Crippen molar-refractivity contribution in [2.24, 2.45) is 0 Å². The number of anilines is 1. The van der Waals surface area contributed by atoms with Crippen LogP contribution in [0.15, 0.2) is 18.2 Å². The zero-order valence-corrected chi connectivity index (χ0v) is 10.0. The molecule has 0 aliphatic heterocycles. The van der Waals surface area contributed by atoms with E-state index in [1.807, 2.05) is 0 Å². The number of phenols is 1. The van der Waals surface area contributed by atoms with Gasteiger partial charge in [-0.1, -0.05) is 0 Å². The highest BCUT2D eigenvalue weighted by Gasteiger charge is 2.14. The number of carbonyl (C=O) groups excluding carboxylic acids is 1. The zero-order valence-electron chi connectivity index (χ0n) is 9.22. The summed E-state index contributed by atoms with van der Waals surface area (Å²) in [5.41, 5.74) is 0.722. The fraction of sp³-hybridized carbons (Fsp3) is 0.222. The van der Waals surface area contributed by atoms with Crippen molar-refractivity contribution in [1.29, 1.82) is 0 Å². The molecule has 1 aromatic rings. The van der Waals surface area contributed by atoms with Gasteiger partial charge >= 0.3 is 16.3 Å². The zero-order chi connectivity index (χ0) is 13.1. The Kier molecular flexibility index (Phi) is 3.79. The van der Waals surface area contributed by atoms with E-state index in [4.69, 9.17) is 0 Å². The van der Waals surface area contributed by atoms with Gasteiger partial charge in [0.1, 0.15) is 5.75 Å². The first-order valence-corrected chi connectivity index (χ1v) is 6.00. The molecule has 0 saturated heterocycles. The van der Waals surface area contributed by atoms with Crippen LogP contribution in [0.25, 0.3) is 0 Å². The van der Waals surface area contributed by atoms with Gasteiger partial charge in [0.05, 0.1) is 12.8 Å². The largest absolute Gasteiger partial charge is 0.508 e. The van der Waals surface area contributed by atoms with E-state index in [1.165, 1.54) is 18.2 Å². The van der Waals surface area contributed by atoms with Crippen LogP contribution in [0.3, 0.4) is 0 Å². The Balaban J connectivity index is 2.83. The van der Waals surface area contributed by atoms with Crippen LogP contribution in [0.2, 0.25) is 0 Å². The SMILES string of the molecule is COC(=O)NS(=O)(=O)Nc1ccc(O)c(C)c1.